The van der Waals surface area contributed by atoms with Crippen LogP contribution in [-0.4, -0.2) is 60.3 Å². The summed E-state index contributed by atoms with van der Waals surface area (Å²) in [5.41, 5.74) is 9.93. The fraction of sp³-hybridized carbons (Fsp3) is 0.333. The molecule has 1 aliphatic rings. The number of aromatic nitrogens is 4. The molecular formula is C18H21N7O. The third kappa shape index (κ3) is 3.11. The van der Waals surface area contributed by atoms with Crippen LogP contribution in [-0.2, 0) is 4.74 Å². The van der Waals surface area contributed by atoms with Crippen molar-refractivity contribution in [2.75, 3.05) is 55.9 Å². The van der Waals surface area contributed by atoms with Crippen LogP contribution in [0.25, 0.3) is 22.4 Å². The lowest BCUT2D eigenvalue weighted by Gasteiger charge is -2.28. The fourth-order valence-corrected chi connectivity index (χ4v) is 2.99. The van der Waals surface area contributed by atoms with Crippen molar-refractivity contribution in [1.29, 1.82) is 0 Å². The molecule has 3 heterocycles. The zero-order chi connectivity index (χ0) is 18.1. The number of nitrogens with two attached hydrogens (primary N) is 1. The molecule has 0 spiro atoms. The Morgan fingerprint density at radius 3 is 2.69 bits per heavy atom. The van der Waals surface area contributed by atoms with Gasteiger partial charge in [-0.2, -0.15) is 9.97 Å². The minimum absolute atomic E-state index is 0.204. The summed E-state index contributed by atoms with van der Waals surface area (Å²) in [4.78, 5) is 22.2. The van der Waals surface area contributed by atoms with Gasteiger partial charge in [-0.05, 0) is 12.1 Å². The number of hydrogen-bond donors (Lipinski definition) is 1. The normalized spacial score (nSPS) is 14.6. The average molecular weight is 351 g/mol. The molecule has 1 fully saturated rings. The van der Waals surface area contributed by atoms with Gasteiger partial charge in [-0.3, -0.25) is 0 Å². The van der Waals surface area contributed by atoms with Gasteiger partial charge in [0.05, 0.1) is 25.1 Å². The molecular weight excluding hydrogens is 330 g/mol. The van der Waals surface area contributed by atoms with Crippen LogP contribution < -0.4 is 15.5 Å². The highest BCUT2D eigenvalue weighted by atomic mass is 16.5. The zero-order valence-corrected chi connectivity index (χ0v) is 14.9. The summed E-state index contributed by atoms with van der Waals surface area (Å²) < 4.78 is 5.44. The van der Waals surface area contributed by atoms with Gasteiger partial charge < -0.3 is 20.3 Å². The van der Waals surface area contributed by atoms with Crippen LogP contribution in [0.5, 0.6) is 0 Å². The molecule has 26 heavy (non-hydrogen) atoms. The molecule has 2 aromatic heterocycles. The first-order valence-electron chi connectivity index (χ1n) is 8.52. The quantitative estimate of drug-likeness (QED) is 0.760. The van der Waals surface area contributed by atoms with Gasteiger partial charge in [-0.15, -0.1) is 0 Å². The van der Waals surface area contributed by atoms with Gasteiger partial charge in [0.2, 0.25) is 5.95 Å². The Kier molecular flexibility index (Phi) is 4.26. The Morgan fingerprint density at radius 2 is 1.92 bits per heavy atom. The van der Waals surface area contributed by atoms with E-state index in [0.717, 1.165) is 30.0 Å². The molecule has 1 aromatic carbocycles. The van der Waals surface area contributed by atoms with Crippen molar-refractivity contribution in [2.45, 2.75) is 0 Å². The lowest BCUT2D eigenvalue weighted by atomic mass is 10.1. The molecule has 3 aromatic rings. The summed E-state index contributed by atoms with van der Waals surface area (Å²) in [7, 11) is 4.02. The van der Waals surface area contributed by atoms with E-state index in [-0.39, 0.29) is 5.95 Å². The second kappa shape index (κ2) is 6.72. The third-order valence-corrected chi connectivity index (χ3v) is 4.37. The van der Waals surface area contributed by atoms with Crippen LogP contribution in [0.4, 0.5) is 17.5 Å². The van der Waals surface area contributed by atoms with Gasteiger partial charge in [0.25, 0.3) is 0 Å². The number of anilines is 3. The molecule has 0 radical (unpaired) electrons. The number of nitrogens with zero attached hydrogens (tertiary/aromatic N) is 6. The van der Waals surface area contributed by atoms with E-state index < -0.39 is 0 Å². The van der Waals surface area contributed by atoms with Crippen molar-refractivity contribution >= 4 is 28.6 Å². The number of nitrogen functional groups attached to an aromatic ring is 1. The Bertz CT molecular complexity index is 938. The topological polar surface area (TPSA) is 93.3 Å². The standard InChI is InChI=1S/C18H21N7O/c1-24(2)13-5-3-4-12(10-13)14-11-20-16-15(21-14)17(23-18(19)22-16)25-6-8-26-9-7-25/h3-5,10-11H,6-9H2,1-2H3,(H2,19,20,22,23). The fourth-order valence-electron chi connectivity index (χ4n) is 2.99. The van der Waals surface area contributed by atoms with Crippen LogP contribution in [0, 0.1) is 0 Å². The minimum atomic E-state index is 0.204. The lowest BCUT2D eigenvalue weighted by Crippen LogP contribution is -2.37. The first kappa shape index (κ1) is 16.5. The molecule has 1 saturated heterocycles. The van der Waals surface area contributed by atoms with E-state index in [2.05, 4.69) is 36.9 Å². The van der Waals surface area contributed by atoms with Crippen molar-refractivity contribution in [1.82, 2.24) is 19.9 Å². The molecule has 8 nitrogen and oxygen atoms in total. The number of rotatable bonds is 3. The predicted octanol–water partition coefficient (Wildman–Crippen LogP) is 1.57. The summed E-state index contributed by atoms with van der Waals surface area (Å²) >= 11 is 0. The summed E-state index contributed by atoms with van der Waals surface area (Å²) in [6.07, 6.45) is 1.73. The maximum Gasteiger partial charge on any atom is 0.224 e. The number of ether oxygens (including phenoxy) is 1. The SMILES string of the molecule is CN(C)c1cccc(-c2cnc3nc(N)nc(N4CCOCC4)c3n2)c1. The maximum atomic E-state index is 5.88. The first-order chi connectivity index (χ1) is 12.6. The summed E-state index contributed by atoms with van der Waals surface area (Å²) in [5, 5.41) is 0. The van der Waals surface area contributed by atoms with Crippen LogP contribution in [0.15, 0.2) is 30.5 Å². The second-order valence-corrected chi connectivity index (χ2v) is 6.38. The second-order valence-electron chi connectivity index (χ2n) is 6.38. The minimum Gasteiger partial charge on any atom is -0.378 e. The lowest BCUT2D eigenvalue weighted by molar-refractivity contribution is 0.122. The third-order valence-electron chi connectivity index (χ3n) is 4.37. The molecule has 0 amide bonds. The maximum absolute atomic E-state index is 5.88. The first-order valence-corrected chi connectivity index (χ1v) is 8.52. The summed E-state index contributed by atoms with van der Waals surface area (Å²) in [5.74, 6) is 0.921. The molecule has 8 heteroatoms. The molecule has 0 atom stereocenters. The predicted molar refractivity (Wildman–Crippen MR) is 102 cm³/mol. The van der Waals surface area contributed by atoms with E-state index in [9.17, 15) is 0 Å². The number of hydrogen-bond acceptors (Lipinski definition) is 8. The van der Waals surface area contributed by atoms with Gasteiger partial charge in [0.1, 0.15) is 0 Å². The highest BCUT2D eigenvalue weighted by Crippen LogP contribution is 2.27. The van der Waals surface area contributed by atoms with Crippen molar-refractivity contribution < 1.29 is 4.74 Å². The molecule has 4 rings (SSSR count). The summed E-state index contributed by atoms with van der Waals surface area (Å²) in [6.45, 7) is 2.80. The van der Waals surface area contributed by atoms with E-state index in [0.29, 0.717) is 30.2 Å². The molecule has 0 bridgehead atoms. The number of fused-ring (bicyclic) bond motifs is 1. The van der Waals surface area contributed by atoms with E-state index in [1.165, 1.54) is 0 Å². The molecule has 2 N–H and O–H groups in total. The number of benzene rings is 1. The van der Waals surface area contributed by atoms with Gasteiger partial charge in [0, 0.05) is 38.4 Å². The molecule has 134 valence electrons. The Balaban J connectivity index is 1.83. The Morgan fingerprint density at radius 1 is 1.12 bits per heavy atom. The van der Waals surface area contributed by atoms with Crippen LogP contribution in [0.1, 0.15) is 0 Å². The molecule has 0 saturated carbocycles. The van der Waals surface area contributed by atoms with Gasteiger partial charge in [-0.25, -0.2) is 9.97 Å². The number of morpholine rings is 1. The molecule has 0 aliphatic carbocycles. The Labute approximate surface area is 151 Å². The van der Waals surface area contributed by atoms with Crippen molar-refractivity contribution in [2.24, 2.45) is 0 Å². The van der Waals surface area contributed by atoms with E-state index in [1.807, 2.05) is 26.2 Å². The Hall–Kier alpha value is -3.00. The highest BCUT2D eigenvalue weighted by Gasteiger charge is 2.19. The van der Waals surface area contributed by atoms with Crippen molar-refractivity contribution in [3.63, 3.8) is 0 Å². The molecule has 1 aliphatic heterocycles. The smallest absolute Gasteiger partial charge is 0.224 e. The van der Waals surface area contributed by atoms with E-state index in [1.54, 1.807) is 6.20 Å². The van der Waals surface area contributed by atoms with Crippen LogP contribution >= 0.6 is 0 Å². The average Bonchev–Trinajstić information content (AvgIpc) is 2.67. The van der Waals surface area contributed by atoms with Gasteiger partial charge in [-0.1, -0.05) is 12.1 Å². The van der Waals surface area contributed by atoms with E-state index in [4.69, 9.17) is 15.5 Å². The van der Waals surface area contributed by atoms with Gasteiger partial charge in [0.15, 0.2) is 17.0 Å². The monoisotopic (exact) mass is 351 g/mol. The van der Waals surface area contributed by atoms with Crippen molar-refractivity contribution in [3.05, 3.63) is 30.5 Å². The van der Waals surface area contributed by atoms with Crippen molar-refractivity contribution in [3.8, 4) is 11.3 Å². The largest absolute Gasteiger partial charge is 0.378 e. The van der Waals surface area contributed by atoms with E-state index >= 15 is 0 Å². The summed E-state index contributed by atoms with van der Waals surface area (Å²) in [6, 6.07) is 8.18. The molecule has 0 unspecified atom stereocenters. The zero-order valence-electron chi connectivity index (χ0n) is 14.9. The van der Waals surface area contributed by atoms with Gasteiger partial charge >= 0.3 is 0 Å². The van der Waals surface area contributed by atoms with Crippen LogP contribution in [0.3, 0.4) is 0 Å². The highest BCUT2D eigenvalue weighted by molar-refractivity contribution is 5.86. The van der Waals surface area contributed by atoms with Crippen LogP contribution in [0.2, 0.25) is 0 Å².